The minimum absolute atomic E-state index is 0.133. The van der Waals surface area contributed by atoms with E-state index in [0.29, 0.717) is 11.2 Å². The molecule has 0 spiro atoms. The maximum absolute atomic E-state index is 12.8. The lowest BCUT2D eigenvalue weighted by molar-refractivity contribution is 0.446. The molecule has 1 N–H and O–H groups in total. The first-order valence-electron chi connectivity index (χ1n) is 5.49. The average Bonchev–Trinajstić information content (AvgIpc) is 2.67. The normalized spacial score (nSPS) is 12.7. The van der Waals surface area contributed by atoms with Gasteiger partial charge in [-0.2, -0.15) is 0 Å². The van der Waals surface area contributed by atoms with Crippen LogP contribution in [0.5, 0.6) is 0 Å². The molecule has 0 aliphatic rings. The first-order chi connectivity index (χ1) is 8.56. The lowest BCUT2D eigenvalue weighted by Gasteiger charge is -2.13. The Labute approximate surface area is 122 Å². The van der Waals surface area contributed by atoms with Gasteiger partial charge in [0.1, 0.15) is 11.6 Å². The van der Waals surface area contributed by atoms with Crippen molar-refractivity contribution in [1.29, 1.82) is 0 Å². The highest BCUT2D eigenvalue weighted by Crippen LogP contribution is 2.27. The summed E-state index contributed by atoms with van der Waals surface area (Å²) in [7, 11) is 0. The van der Waals surface area contributed by atoms with Crippen LogP contribution in [0.2, 0.25) is 0 Å². The number of nitrogens with one attached hydrogen (secondary N) is 1. The van der Waals surface area contributed by atoms with Crippen molar-refractivity contribution in [3.63, 3.8) is 0 Å². The van der Waals surface area contributed by atoms with Crippen LogP contribution in [-0.4, -0.2) is 0 Å². The quantitative estimate of drug-likeness (QED) is 0.829. The highest BCUT2D eigenvalue weighted by molar-refractivity contribution is 9.13. The van der Waals surface area contributed by atoms with Gasteiger partial charge >= 0.3 is 0 Å². The molecule has 0 unspecified atom stereocenters. The van der Waals surface area contributed by atoms with E-state index in [4.69, 9.17) is 4.42 Å². The molecule has 1 aromatic heterocycles. The summed E-state index contributed by atoms with van der Waals surface area (Å²) in [5.74, 6) is 0.618. The summed E-state index contributed by atoms with van der Waals surface area (Å²) >= 11 is 6.66. The van der Waals surface area contributed by atoms with E-state index in [1.807, 2.05) is 13.0 Å². The molecule has 1 heterocycles. The van der Waals surface area contributed by atoms with Gasteiger partial charge in [0.2, 0.25) is 0 Å². The number of halogens is 3. The molecular weight excluding hydrogens is 365 g/mol. The smallest absolute Gasteiger partial charge is 0.183 e. The molecule has 2 nitrogen and oxygen atoms in total. The third kappa shape index (κ3) is 3.43. The fourth-order valence-corrected chi connectivity index (χ4v) is 2.26. The van der Waals surface area contributed by atoms with Gasteiger partial charge in [-0.25, -0.2) is 4.39 Å². The number of hydrogen-bond donors (Lipinski definition) is 1. The van der Waals surface area contributed by atoms with Crippen molar-refractivity contribution >= 4 is 31.9 Å². The van der Waals surface area contributed by atoms with E-state index in [1.54, 1.807) is 12.1 Å². The zero-order valence-corrected chi connectivity index (χ0v) is 12.9. The summed E-state index contributed by atoms with van der Waals surface area (Å²) in [6.07, 6.45) is 0. The van der Waals surface area contributed by atoms with Crippen molar-refractivity contribution in [2.75, 3.05) is 0 Å². The van der Waals surface area contributed by atoms with Crippen LogP contribution in [0, 0.1) is 5.82 Å². The molecular formula is C13H12Br2FNO. The zero-order valence-electron chi connectivity index (χ0n) is 9.71. The molecule has 0 amide bonds. The minimum atomic E-state index is -0.218. The molecule has 0 saturated carbocycles. The molecule has 18 heavy (non-hydrogen) atoms. The van der Waals surface area contributed by atoms with Crippen molar-refractivity contribution in [3.05, 3.63) is 56.6 Å². The van der Waals surface area contributed by atoms with Gasteiger partial charge in [0.15, 0.2) is 4.67 Å². The van der Waals surface area contributed by atoms with E-state index in [1.165, 1.54) is 12.1 Å². The van der Waals surface area contributed by atoms with Crippen LogP contribution in [0.1, 0.15) is 24.3 Å². The summed E-state index contributed by atoms with van der Waals surface area (Å²) in [4.78, 5) is 0. The lowest BCUT2D eigenvalue weighted by atomic mass is 10.1. The Morgan fingerprint density at radius 2 is 1.94 bits per heavy atom. The molecule has 1 aromatic carbocycles. The Bertz CT molecular complexity index is 505. The summed E-state index contributed by atoms with van der Waals surface area (Å²) in [5.41, 5.74) is 1.04. The largest absolute Gasteiger partial charge is 0.452 e. The maximum atomic E-state index is 12.8. The third-order valence-electron chi connectivity index (χ3n) is 2.65. The third-order valence-corrected chi connectivity index (χ3v) is 4.36. The highest BCUT2D eigenvalue weighted by atomic mass is 79.9. The SMILES string of the molecule is C[C@H](NCc1cc(Br)c(Br)o1)c1ccc(F)cc1. The van der Waals surface area contributed by atoms with Gasteiger partial charge in [-0.3, -0.25) is 0 Å². The molecule has 2 rings (SSSR count). The molecule has 1 atom stereocenters. The number of furan rings is 1. The number of hydrogen-bond acceptors (Lipinski definition) is 2. The van der Waals surface area contributed by atoms with Crippen LogP contribution in [0.15, 0.2) is 43.9 Å². The Balaban J connectivity index is 1.95. The van der Waals surface area contributed by atoms with Crippen LogP contribution < -0.4 is 5.32 Å². The second-order valence-corrected chi connectivity index (χ2v) is 5.56. The summed E-state index contributed by atoms with van der Waals surface area (Å²) in [5, 5.41) is 3.32. The van der Waals surface area contributed by atoms with E-state index in [2.05, 4.69) is 37.2 Å². The lowest BCUT2D eigenvalue weighted by Crippen LogP contribution is -2.17. The van der Waals surface area contributed by atoms with Gasteiger partial charge < -0.3 is 9.73 Å². The van der Waals surface area contributed by atoms with E-state index in [0.717, 1.165) is 15.8 Å². The fourth-order valence-electron chi connectivity index (χ4n) is 1.60. The van der Waals surface area contributed by atoms with Crippen molar-refractivity contribution in [1.82, 2.24) is 5.32 Å². The molecule has 0 aliphatic carbocycles. The molecule has 0 radical (unpaired) electrons. The molecule has 0 fully saturated rings. The molecule has 0 saturated heterocycles. The standard InChI is InChI=1S/C13H12Br2FNO/c1-8(9-2-4-10(16)5-3-9)17-7-11-6-12(14)13(15)18-11/h2-6,8,17H,7H2,1H3/t8-/m0/s1. The van der Waals surface area contributed by atoms with E-state index >= 15 is 0 Å². The molecule has 96 valence electrons. The summed E-state index contributed by atoms with van der Waals surface area (Å²) < 4.78 is 19.9. The van der Waals surface area contributed by atoms with Gasteiger partial charge in [-0.05, 0) is 62.5 Å². The van der Waals surface area contributed by atoms with Crippen LogP contribution >= 0.6 is 31.9 Å². The van der Waals surface area contributed by atoms with Crippen molar-refractivity contribution in [2.24, 2.45) is 0 Å². The van der Waals surface area contributed by atoms with Gasteiger partial charge in [-0.1, -0.05) is 12.1 Å². The van der Waals surface area contributed by atoms with Gasteiger partial charge in [-0.15, -0.1) is 0 Å². The van der Waals surface area contributed by atoms with Crippen molar-refractivity contribution < 1.29 is 8.81 Å². The summed E-state index contributed by atoms with van der Waals surface area (Å²) in [6, 6.07) is 8.53. The average molecular weight is 377 g/mol. The van der Waals surface area contributed by atoms with Gasteiger partial charge in [0.05, 0.1) is 11.0 Å². The molecule has 5 heteroatoms. The van der Waals surface area contributed by atoms with Crippen molar-refractivity contribution in [3.8, 4) is 0 Å². The van der Waals surface area contributed by atoms with Crippen LogP contribution in [0.25, 0.3) is 0 Å². The monoisotopic (exact) mass is 375 g/mol. The molecule has 0 bridgehead atoms. The minimum Gasteiger partial charge on any atom is -0.452 e. The second kappa shape index (κ2) is 5.99. The van der Waals surface area contributed by atoms with E-state index in [-0.39, 0.29) is 11.9 Å². The van der Waals surface area contributed by atoms with E-state index in [9.17, 15) is 4.39 Å². The van der Waals surface area contributed by atoms with Gasteiger partial charge in [0, 0.05) is 6.04 Å². The molecule has 0 aliphatic heterocycles. The Morgan fingerprint density at radius 3 is 2.50 bits per heavy atom. The Kier molecular flexibility index (Phi) is 4.59. The van der Waals surface area contributed by atoms with Crippen molar-refractivity contribution in [2.45, 2.75) is 19.5 Å². The van der Waals surface area contributed by atoms with E-state index < -0.39 is 0 Å². The summed E-state index contributed by atoms with van der Waals surface area (Å²) in [6.45, 7) is 2.64. The Morgan fingerprint density at radius 1 is 1.28 bits per heavy atom. The first-order valence-corrected chi connectivity index (χ1v) is 7.07. The van der Waals surface area contributed by atoms with Crippen LogP contribution in [0.3, 0.4) is 0 Å². The Hall–Kier alpha value is -0.650. The highest BCUT2D eigenvalue weighted by Gasteiger charge is 2.09. The maximum Gasteiger partial charge on any atom is 0.183 e. The number of benzene rings is 1. The predicted molar refractivity (Wildman–Crippen MR) is 75.8 cm³/mol. The fraction of sp³-hybridized carbons (Fsp3) is 0.231. The zero-order chi connectivity index (χ0) is 13.1. The number of rotatable bonds is 4. The second-order valence-electron chi connectivity index (χ2n) is 3.99. The van der Waals surface area contributed by atoms with Gasteiger partial charge in [0.25, 0.3) is 0 Å². The first kappa shape index (κ1) is 13.8. The predicted octanol–water partition coefficient (Wildman–Crippen LogP) is 4.79. The topological polar surface area (TPSA) is 25.2 Å². The van der Waals surface area contributed by atoms with Crippen LogP contribution in [0.4, 0.5) is 4.39 Å². The molecule has 2 aromatic rings. The van der Waals surface area contributed by atoms with Crippen LogP contribution in [-0.2, 0) is 6.54 Å².